The number of hydrogen-bond acceptors (Lipinski definition) is 2. The van der Waals surface area contributed by atoms with E-state index < -0.39 is 5.41 Å². The fourth-order valence-corrected chi connectivity index (χ4v) is 1.16. The summed E-state index contributed by atoms with van der Waals surface area (Å²) in [6, 6.07) is 0. The van der Waals surface area contributed by atoms with E-state index in [9.17, 15) is 4.79 Å². The van der Waals surface area contributed by atoms with Crippen molar-refractivity contribution in [2.24, 2.45) is 11.3 Å². The molecule has 0 heterocycles. The average Bonchev–Trinajstić information content (AvgIpc) is 2.12. The van der Waals surface area contributed by atoms with Crippen LogP contribution in [0.3, 0.4) is 0 Å². The van der Waals surface area contributed by atoms with E-state index in [0.29, 0.717) is 12.5 Å². The van der Waals surface area contributed by atoms with Crippen LogP contribution in [0.2, 0.25) is 0 Å². The molecule has 0 unspecified atom stereocenters. The molecule has 0 fully saturated rings. The first kappa shape index (κ1) is 15.7. The molecule has 0 aromatic heterocycles. The van der Waals surface area contributed by atoms with E-state index >= 15 is 0 Å². The maximum atomic E-state index is 11.1. The number of carbonyl (C=O) groups is 1. The van der Waals surface area contributed by atoms with Crippen molar-refractivity contribution in [1.82, 2.24) is 0 Å². The summed E-state index contributed by atoms with van der Waals surface area (Å²) >= 11 is 0. The molecule has 0 aromatic rings. The third kappa shape index (κ3) is 6.31. The lowest BCUT2D eigenvalue weighted by molar-refractivity contribution is -0.127. The van der Waals surface area contributed by atoms with Gasteiger partial charge in [-0.1, -0.05) is 27.7 Å². The summed E-state index contributed by atoms with van der Waals surface area (Å²) in [5, 5.41) is 0. The average molecular weight is 224 g/mol. The second kappa shape index (κ2) is 5.86. The van der Waals surface area contributed by atoms with Crippen LogP contribution in [0, 0.1) is 11.3 Å². The minimum absolute atomic E-state index is 0.184. The van der Waals surface area contributed by atoms with Crippen LogP contribution in [-0.4, -0.2) is 25.7 Å². The smallest absolute Gasteiger partial charge is 0.168 e. The highest BCUT2D eigenvalue weighted by atomic mass is 16.5. The molecule has 0 spiro atoms. The monoisotopic (exact) mass is 224 g/mol. The van der Waals surface area contributed by atoms with Gasteiger partial charge in [0.1, 0.15) is 0 Å². The first-order chi connectivity index (χ1) is 7.07. The third-order valence-corrected chi connectivity index (χ3v) is 2.81. The summed E-state index contributed by atoms with van der Waals surface area (Å²) < 4.78 is 5.81. The van der Waals surface area contributed by atoms with Crippen molar-refractivity contribution in [3.05, 3.63) is 0 Å². The first-order valence-electron chi connectivity index (χ1n) is 6.01. The summed E-state index contributed by atoms with van der Waals surface area (Å²) in [5.41, 5.74) is -1.08. The SMILES string of the molecule is [B]C(=O)C(C)(C)COC(C)(C)CCC(C)C. The Labute approximate surface area is 102 Å². The molecular weight excluding hydrogens is 199 g/mol. The zero-order valence-electron chi connectivity index (χ0n) is 11.6. The van der Waals surface area contributed by atoms with Gasteiger partial charge >= 0.3 is 0 Å². The fourth-order valence-electron chi connectivity index (χ4n) is 1.16. The zero-order valence-corrected chi connectivity index (χ0v) is 11.6. The van der Waals surface area contributed by atoms with Crippen LogP contribution in [0.4, 0.5) is 0 Å². The van der Waals surface area contributed by atoms with E-state index in [-0.39, 0.29) is 11.3 Å². The number of carbonyl (C=O) groups excluding carboxylic acids is 1. The first-order valence-corrected chi connectivity index (χ1v) is 6.01. The Bertz CT molecular complexity index is 232. The van der Waals surface area contributed by atoms with Gasteiger partial charge in [-0.2, -0.15) is 0 Å². The number of ether oxygens (including phenoxy) is 1. The highest BCUT2D eigenvalue weighted by Gasteiger charge is 2.27. The van der Waals surface area contributed by atoms with E-state index in [2.05, 4.69) is 27.7 Å². The van der Waals surface area contributed by atoms with Crippen molar-refractivity contribution < 1.29 is 9.53 Å². The molecule has 0 saturated carbocycles. The Balaban J connectivity index is 4.12. The largest absolute Gasteiger partial charge is 0.375 e. The maximum Gasteiger partial charge on any atom is 0.168 e. The predicted molar refractivity (Wildman–Crippen MR) is 68.6 cm³/mol. The normalized spacial score (nSPS) is 13.2. The second-order valence-electron chi connectivity index (χ2n) is 6.23. The molecule has 0 aliphatic rings. The van der Waals surface area contributed by atoms with E-state index in [4.69, 9.17) is 12.6 Å². The van der Waals surface area contributed by atoms with Gasteiger partial charge in [0, 0.05) is 5.41 Å². The van der Waals surface area contributed by atoms with Crippen LogP contribution in [0.1, 0.15) is 54.4 Å². The lowest BCUT2D eigenvalue weighted by Gasteiger charge is -2.31. The van der Waals surface area contributed by atoms with E-state index in [1.54, 1.807) is 0 Å². The minimum atomic E-state index is -0.588. The Morgan fingerprint density at radius 2 is 1.75 bits per heavy atom. The van der Waals surface area contributed by atoms with E-state index in [0.717, 1.165) is 12.8 Å². The third-order valence-electron chi connectivity index (χ3n) is 2.81. The van der Waals surface area contributed by atoms with Gasteiger partial charge in [-0.15, -0.1) is 0 Å². The van der Waals surface area contributed by atoms with Gasteiger partial charge in [0.25, 0.3) is 0 Å². The molecule has 2 nitrogen and oxygen atoms in total. The van der Waals surface area contributed by atoms with Crippen molar-refractivity contribution in [1.29, 1.82) is 0 Å². The van der Waals surface area contributed by atoms with E-state index in [1.807, 2.05) is 13.8 Å². The molecule has 0 aliphatic heterocycles. The molecule has 0 N–H and O–H groups in total. The highest BCUT2D eigenvalue weighted by molar-refractivity contribution is 6.58. The quantitative estimate of drug-likeness (QED) is 0.621. The molecule has 2 radical (unpaired) electrons. The van der Waals surface area contributed by atoms with Crippen LogP contribution < -0.4 is 0 Å². The molecule has 0 bridgehead atoms. The maximum absolute atomic E-state index is 11.1. The Morgan fingerprint density at radius 3 is 2.12 bits per heavy atom. The molecule has 0 atom stereocenters. The standard InChI is InChI=1S/C13H25BO2/c1-10(2)7-8-13(5,6)16-9-12(3,4)11(14)15/h10H,7-9H2,1-6H3. The van der Waals surface area contributed by atoms with Gasteiger partial charge < -0.3 is 9.53 Å². The van der Waals surface area contributed by atoms with Crippen LogP contribution in [0.15, 0.2) is 0 Å². The van der Waals surface area contributed by atoms with Gasteiger partial charge in [-0.25, -0.2) is 0 Å². The fraction of sp³-hybridized carbons (Fsp3) is 0.923. The summed E-state index contributed by atoms with van der Waals surface area (Å²) in [6.45, 7) is 12.5. The number of rotatable bonds is 7. The van der Waals surface area contributed by atoms with Gasteiger partial charge in [-0.3, -0.25) is 0 Å². The molecule has 0 amide bonds. The molecule has 92 valence electrons. The van der Waals surface area contributed by atoms with E-state index in [1.165, 1.54) is 0 Å². The van der Waals surface area contributed by atoms with Gasteiger partial charge in [0.05, 0.1) is 17.9 Å². The Hall–Kier alpha value is -0.305. The van der Waals surface area contributed by atoms with Crippen LogP contribution in [-0.2, 0) is 9.53 Å². The Kier molecular flexibility index (Phi) is 5.74. The summed E-state index contributed by atoms with van der Waals surface area (Å²) in [7, 11) is 5.30. The molecule has 0 aliphatic carbocycles. The predicted octanol–water partition coefficient (Wildman–Crippen LogP) is 2.94. The molecule has 16 heavy (non-hydrogen) atoms. The van der Waals surface area contributed by atoms with Gasteiger partial charge in [0.15, 0.2) is 7.85 Å². The summed E-state index contributed by atoms with van der Waals surface area (Å²) in [4.78, 5) is 11.1. The zero-order chi connectivity index (χ0) is 13.0. The van der Waals surface area contributed by atoms with Crippen LogP contribution >= 0.6 is 0 Å². The topological polar surface area (TPSA) is 26.3 Å². The summed E-state index contributed by atoms with van der Waals surface area (Å²) in [5.74, 6) is 0.673. The molecule has 0 saturated heterocycles. The minimum Gasteiger partial charge on any atom is -0.375 e. The Morgan fingerprint density at radius 1 is 1.25 bits per heavy atom. The lowest BCUT2D eigenvalue weighted by atomic mass is 9.78. The van der Waals surface area contributed by atoms with Gasteiger partial charge in [0.2, 0.25) is 0 Å². The van der Waals surface area contributed by atoms with Crippen LogP contribution in [0.25, 0.3) is 0 Å². The molecule has 0 rings (SSSR count). The summed E-state index contributed by atoms with van der Waals surface area (Å²) in [6.07, 6.45) is 2.13. The van der Waals surface area contributed by atoms with Crippen LogP contribution in [0.5, 0.6) is 0 Å². The van der Waals surface area contributed by atoms with Gasteiger partial charge in [-0.05, 0) is 32.6 Å². The number of hydrogen-bond donors (Lipinski definition) is 0. The lowest BCUT2D eigenvalue weighted by Crippen LogP contribution is -2.35. The molecule has 3 heteroatoms. The molecular formula is C13H25BO2. The van der Waals surface area contributed by atoms with Crippen molar-refractivity contribution in [3.8, 4) is 0 Å². The molecule has 0 aromatic carbocycles. The van der Waals surface area contributed by atoms with Crippen molar-refractivity contribution in [2.75, 3.05) is 6.61 Å². The van der Waals surface area contributed by atoms with Crippen molar-refractivity contribution in [2.45, 2.75) is 60.0 Å². The second-order valence-corrected chi connectivity index (χ2v) is 6.23. The van der Waals surface area contributed by atoms with Crippen molar-refractivity contribution in [3.63, 3.8) is 0 Å². The highest BCUT2D eigenvalue weighted by Crippen LogP contribution is 2.24. The van der Waals surface area contributed by atoms with Crippen molar-refractivity contribution >= 4 is 13.5 Å².